The molecule has 4 aromatic rings. The van der Waals surface area contributed by atoms with Gasteiger partial charge in [0, 0.05) is 44.1 Å². The van der Waals surface area contributed by atoms with Crippen molar-refractivity contribution >= 4 is 28.9 Å². The van der Waals surface area contributed by atoms with Crippen molar-refractivity contribution < 1.29 is 0 Å². The van der Waals surface area contributed by atoms with Crippen molar-refractivity contribution in [1.82, 2.24) is 29.2 Å². The number of imidazole rings is 1. The lowest BCUT2D eigenvalue weighted by Gasteiger charge is -2.33. The molecule has 202 valence electrons. The van der Waals surface area contributed by atoms with Crippen LogP contribution in [0.3, 0.4) is 0 Å². The lowest BCUT2D eigenvalue weighted by molar-refractivity contribution is 0.199. The van der Waals surface area contributed by atoms with Crippen LogP contribution in [0, 0.1) is 11.3 Å². The summed E-state index contributed by atoms with van der Waals surface area (Å²) in [7, 11) is 4.25. The number of rotatable bonds is 9. The van der Waals surface area contributed by atoms with Crippen molar-refractivity contribution in [2.75, 3.05) is 50.9 Å². The van der Waals surface area contributed by atoms with Gasteiger partial charge in [0.05, 0.1) is 34.7 Å². The van der Waals surface area contributed by atoms with Gasteiger partial charge in [-0.15, -0.1) is 0 Å². The molecular weight excluding hydrogens is 510 g/mol. The minimum absolute atomic E-state index is 0.0444. The molecule has 1 aromatic carbocycles. The highest BCUT2D eigenvalue weighted by Crippen LogP contribution is 2.28. The van der Waals surface area contributed by atoms with E-state index in [0.29, 0.717) is 39.6 Å². The summed E-state index contributed by atoms with van der Waals surface area (Å²) in [6.07, 6.45) is 7.36. The fourth-order valence-electron chi connectivity index (χ4n) is 4.93. The van der Waals surface area contributed by atoms with Crippen molar-refractivity contribution in [1.29, 1.82) is 5.26 Å². The predicted molar refractivity (Wildman–Crippen MR) is 156 cm³/mol. The number of piperidine rings is 1. The molecule has 39 heavy (non-hydrogen) atoms. The fraction of sp³-hybridized carbons (Fsp3) is 0.379. The number of anilines is 2. The average Bonchev–Trinajstić information content (AvgIpc) is 3.38. The van der Waals surface area contributed by atoms with Crippen LogP contribution < -0.4 is 10.6 Å². The highest BCUT2D eigenvalue weighted by molar-refractivity contribution is 6.33. The number of hydrogen-bond donors (Lipinski definition) is 2. The van der Waals surface area contributed by atoms with Crippen LogP contribution in [0.15, 0.2) is 55.0 Å². The van der Waals surface area contributed by atoms with Crippen molar-refractivity contribution in [3.63, 3.8) is 0 Å². The van der Waals surface area contributed by atoms with Gasteiger partial charge < -0.3 is 20.4 Å². The maximum absolute atomic E-state index is 9.71. The molecule has 9 nitrogen and oxygen atoms in total. The second-order valence-corrected chi connectivity index (χ2v) is 10.7. The SMILES string of the molecule is C[C@H](Nc1ncc(C#N)c(-c2cnc3c(Cl)cccn23)n1)c1cccc(NC2CCN(CCN(C)C)CC2)c1. The predicted octanol–water partition coefficient (Wildman–Crippen LogP) is 4.93. The zero-order chi connectivity index (χ0) is 27.4. The summed E-state index contributed by atoms with van der Waals surface area (Å²) in [4.78, 5) is 18.3. The van der Waals surface area contributed by atoms with Gasteiger partial charge in [-0.2, -0.15) is 5.26 Å². The zero-order valence-corrected chi connectivity index (χ0v) is 23.4. The normalized spacial score (nSPS) is 15.4. The molecule has 0 saturated carbocycles. The number of nitriles is 1. The number of pyridine rings is 1. The van der Waals surface area contributed by atoms with Crippen LogP contribution in [-0.4, -0.2) is 75.5 Å². The van der Waals surface area contributed by atoms with E-state index in [4.69, 9.17) is 16.6 Å². The van der Waals surface area contributed by atoms with Gasteiger partial charge in [-0.1, -0.05) is 23.7 Å². The van der Waals surface area contributed by atoms with Gasteiger partial charge in [0.15, 0.2) is 5.65 Å². The summed E-state index contributed by atoms with van der Waals surface area (Å²) in [6, 6.07) is 14.7. The maximum atomic E-state index is 9.71. The molecule has 0 spiro atoms. The van der Waals surface area contributed by atoms with Crippen molar-refractivity contribution in [2.45, 2.75) is 31.8 Å². The third kappa shape index (κ3) is 6.31. The van der Waals surface area contributed by atoms with Gasteiger partial charge in [-0.25, -0.2) is 15.0 Å². The van der Waals surface area contributed by atoms with Crippen LogP contribution in [0.1, 0.15) is 36.9 Å². The number of nitrogens with one attached hydrogen (secondary N) is 2. The molecule has 0 bridgehead atoms. The van der Waals surface area contributed by atoms with E-state index in [2.05, 4.69) is 81.8 Å². The minimum Gasteiger partial charge on any atom is -0.382 e. The van der Waals surface area contributed by atoms with Crippen LogP contribution >= 0.6 is 11.6 Å². The Morgan fingerprint density at radius 1 is 1.15 bits per heavy atom. The number of likely N-dealkylation sites (N-methyl/N-ethyl adjacent to an activating group) is 1. The third-order valence-electron chi connectivity index (χ3n) is 7.19. The van der Waals surface area contributed by atoms with Gasteiger partial charge in [0.25, 0.3) is 0 Å². The Balaban J connectivity index is 1.27. The van der Waals surface area contributed by atoms with Crippen molar-refractivity contribution in [2.24, 2.45) is 0 Å². The quantitative estimate of drug-likeness (QED) is 0.307. The number of nitrogens with zero attached hydrogens (tertiary/aromatic N) is 7. The summed E-state index contributed by atoms with van der Waals surface area (Å²) in [5, 5.41) is 17.4. The largest absolute Gasteiger partial charge is 0.382 e. The lowest BCUT2D eigenvalue weighted by atomic mass is 10.0. The Kier molecular flexibility index (Phi) is 8.27. The molecule has 0 aliphatic carbocycles. The molecule has 2 N–H and O–H groups in total. The summed E-state index contributed by atoms with van der Waals surface area (Å²) >= 11 is 6.30. The molecule has 1 aliphatic heterocycles. The van der Waals surface area contributed by atoms with Crippen molar-refractivity contribution in [3.05, 3.63) is 71.1 Å². The molecule has 1 atom stereocenters. The van der Waals surface area contributed by atoms with Crippen molar-refractivity contribution in [3.8, 4) is 17.5 Å². The molecule has 1 aliphatic rings. The first-order valence-corrected chi connectivity index (χ1v) is 13.7. The molecule has 1 fully saturated rings. The van der Waals surface area contributed by atoms with Gasteiger partial charge in [-0.05, 0) is 63.7 Å². The molecule has 0 radical (unpaired) electrons. The molecule has 4 heterocycles. The van der Waals surface area contributed by atoms with Gasteiger partial charge in [0.1, 0.15) is 11.8 Å². The Morgan fingerprint density at radius 2 is 1.97 bits per heavy atom. The zero-order valence-electron chi connectivity index (χ0n) is 22.6. The number of aromatic nitrogens is 4. The van der Waals surface area contributed by atoms with E-state index in [0.717, 1.165) is 50.3 Å². The Hall–Kier alpha value is -3.71. The van der Waals surface area contributed by atoms with Gasteiger partial charge >= 0.3 is 0 Å². The van der Waals surface area contributed by atoms with Crippen LogP contribution in [0.4, 0.5) is 11.6 Å². The van der Waals surface area contributed by atoms with Crippen LogP contribution in [0.5, 0.6) is 0 Å². The van der Waals surface area contributed by atoms with E-state index in [1.54, 1.807) is 18.5 Å². The van der Waals surface area contributed by atoms with E-state index in [1.165, 1.54) is 0 Å². The van der Waals surface area contributed by atoms with Crippen LogP contribution in [0.2, 0.25) is 5.02 Å². The third-order valence-corrected chi connectivity index (χ3v) is 7.49. The van der Waals surface area contributed by atoms with Gasteiger partial charge in [0.2, 0.25) is 5.95 Å². The first-order chi connectivity index (χ1) is 18.9. The average molecular weight is 544 g/mol. The summed E-state index contributed by atoms with van der Waals surface area (Å²) in [5.41, 5.74) is 4.42. The Labute approximate surface area is 234 Å². The highest BCUT2D eigenvalue weighted by Gasteiger charge is 2.20. The number of likely N-dealkylation sites (tertiary alicyclic amines) is 1. The van der Waals surface area contributed by atoms with E-state index in [1.807, 2.05) is 16.7 Å². The molecule has 10 heteroatoms. The molecule has 0 unspecified atom stereocenters. The number of benzene rings is 1. The second-order valence-electron chi connectivity index (χ2n) is 10.3. The van der Waals surface area contributed by atoms with E-state index in [9.17, 15) is 5.26 Å². The van der Waals surface area contributed by atoms with Crippen LogP contribution in [-0.2, 0) is 0 Å². The molecule has 0 amide bonds. The van der Waals surface area contributed by atoms with Crippen LogP contribution in [0.25, 0.3) is 17.0 Å². The van der Waals surface area contributed by atoms with E-state index < -0.39 is 0 Å². The second kappa shape index (κ2) is 12.0. The molecule has 5 rings (SSSR count). The number of hydrogen-bond acceptors (Lipinski definition) is 8. The minimum atomic E-state index is -0.0444. The van der Waals surface area contributed by atoms with Gasteiger partial charge in [-0.3, -0.25) is 4.40 Å². The standard InChI is InChI=1S/C29H34ClN9/c1-20(21-6-4-7-24(16-21)35-23-9-12-38(13-10-23)15-14-37(2)3)34-29-33-18-22(17-31)27(36-29)26-19-32-28-25(30)8-5-11-39(26)28/h4-8,11,16,18-20,23,35H,9-10,12-15H2,1-3H3,(H,33,34,36)/t20-/m0/s1. The fourth-order valence-corrected chi connectivity index (χ4v) is 5.15. The monoisotopic (exact) mass is 543 g/mol. The Morgan fingerprint density at radius 3 is 2.74 bits per heavy atom. The first-order valence-electron chi connectivity index (χ1n) is 13.3. The molecule has 3 aromatic heterocycles. The maximum Gasteiger partial charge on any atom is 0.223 e. The molecule has 1 saturated heterocycles. The van der Waals surface area contributed by atoms with E-state index >= 15 is 0 Å². The summed E-state index contributed by atoms with van der Waals surface area (Å²) in [5.74, 6) is 0.442. The number of fused-ring (bicyclic) bond motifs is 1. The van der Waals surface area contributed by atoms with E-state index in [-0.39, 0.29) is 6.04 Å². The highest BCUT2D eigenvalue weighted by atomic mass is 35.5. The Bertz CT molecular complexity index is 1470. The first kappa shape index (κ1) is 26.9. The smallest absolute Gasteiger partial charge is 0.223 e. The topological polar surface area (TPSA) is 97.4 Å². The molecular formula is C29H34ClN9. The summed E-state index contributed by atoms with van der Waals surface area (Å²) in [6.45, 7) is 6.56. The summed E-state index contributed by atoms with van der Waals surface area (Å²) < 4.78 is 1.83. The number of halogens is 1. The lowest BCUT2D eigenvalue weighted by Crippen LogP contribution is -2.41.